The summed E-state index contributed by atoms with van der Waals surface area (Å²) in [5, 5.41) is 8.64. The molecule has 3 nitrogen and oxygen atoms in total. The van der Waals surface area contributed by atoms with E-state index in [4.69, 9.17) is 16.9 Å². The Morgan fingerprint density at radius 1 is 1.71 bits per heavy atom. The van der Waals surface area contributed by atoms with E-state index in [-0.39, 0.29) is 5.56 Å². The number of nitrogens with zero attached hydrogens (tertiary/aromatic N) is 2. The summed E-state index contributed by atoms with van der Waals surface area (Å²) in [6, 6.07) is 4.85. The van der Waals surface area contributed by atoms with Gasteiger partial charge in [0.2, 0.25) is 0 Å². The van der Waals surface area contributed by atoms with E-state index in [9.17, 15) is 4.79 Å². The van der Waals surface area contributed by atoms with Crippen molar-refractivity contribution in [2.75, 3.05) is 0 Å². The summed E-state index contributed by atoms with van der Waals surface area (Å²) in [4.78, 5) is 11.3. The molecule has 1 heterocycles. The SMILES string of the molecule is C/C(=C/Cl)Cn1cc(C#N)ccc1=O. The third-order valence-electron chi connectivity index (χ3n) is 1.72. The van der Waals surface area contributed by atoms with Gasteiger partial charge in [0, 0.05) is 24.3 Å². The van der Waals surface area contributed by atoms with Crippen molar-refractivity contribution < 1.29 is 0 Å². The summed E-state index contributed by atoms with van der Waals surface area (Å²) in [6.45, 7) is 2.23. The molecule has 1 rings (SSSR count). The standard InChI is InChI=1S/C10H9ClN2O/c1-8(4-11)6-13-7-9(5-12)2-3-10(13)14/h2-4,7H,6H2,1H3/b8-4-. The first-order valence-corrected chi connectivity index (χ1v) is 4.47. The normalized spacial score (nSPS) is 11.1. The molecule has 0 aliphatic carbocycles. The van der Waals surface area contributed by atoms with Crippen LogP contribution in [0, 0.1) is 11.3 Å². The van der Waals surface area contributed by atoms with Crippen LogP contribution in [0.4, 0.5) is 0 Å². The number of pyridine rings is 1. The second kappa shape index (κ2) is 4.64. The molecule has 0 aliphatic rings. The monoisotopic (exact) mass is 208 g/mol. The van der Waals surface area contributed by atoms with E-state index in [1.54, 1.807) is 0 Å². The Bertz CT molecular complexity index is 454. The van der Waals surface area contributed by atoms with Gasteiger partial charge in [-0.1, -0.05) is 11.6 Å². The van der Waals surface area contributed by atoms with Gasteiger partial charge in [0.25, 0.3) is 5.56 Å². The zero-order chi connectivity index (χ0) is 10.6. The van der Waals surface area contributed by atoms with Crippen LogP contribution in [0.5, 0.6) is 0 Å². The molecule has 0 N–H and O–H groups in total. The molecule has 14 heavy (non-hydrogen) atoms. The molecule has 0 atom stereocenters. The van der Waals surface area contributed by atoms with Crippen LogP contribution in [0.2, 0.25) is 0 Å². The van der Waals surface area contributed by atoms with Crippen LogP contribution < -0.4 is 5.56 Å². The Labute approximate surface area is 86.9 Å². The lowest BCUT2D eigenvalue weighted by Gasteiger charge is -2.04. The van der Waals surface area contributed by atoms with Crippen LogP contribution in [-0.2, 0) is 6.54 Å². The van der Waals surface area contributed by atoms with Crippen molar-refractivity contribution in [1.82, 2.24) is 4.57 Å². The molecule has 0 amide bonds. The predicted octanol–water partition coefficient (Wildman–Crippen LogP) is 1.86. The summed E-state index contributed by atoms with van der Waals surface area (Å²) in [7, 11) is 0. The first kappa shape index (κ1) is 10.6. The summed E-state index contributed by atoms with van der Waals surface area (Å²) in [5.74, 6) is 0. The van der Waals surface area contributed by atoms with Crippen molar-refractivity contribution in [2.45, 2.75) is 13.5 Å². The highest BCUT2D eigenvalue weighted by atomic mass is 35.5. The van der Waals surface area contributed by atoms with Gasteiger partial charge in [-0.15, -0.1) is 0 Å². The average Bonchev–Trinajstić information content (AvgIpc) is 2.21. The molecule has 0 unspecified atom stereocenters. The lowest BCUT2D eigenvalue weighted by atomic mass is 10.3. The molecule has 0 spiro atoms. The number of hydrogen-bond donors (Lipinski definition) is 0. The van der Waals surface area contributed by atoms with Gasteiger partial charge in [-0.2, -0.15) is 5.26 Å². The molecular weight excluding hydrogens is 200 g/mol. The van der Waals surface area contributed by atoms with E-state index in [2.05, 4.69) is 0 Å². The van der Waals surface area contributed by atoms with Crippen molar-refractivity contribution in [3.63, 3.8) is 0 Å². The summed E-state index contributed by atoms with van der Waals surface area (Å²) in [6.07, 6.45) is 1.52. The molecule has 0 radical (unpaired) electrons. The Kier molecular flexibility index (Phi) is 3.49. The lowest BCUT2D eigenvalue weighted by molar-refractivity contribution is 0.746. The third-order valence-corrected chi connectivity index (χ3v) is 2.09. The number of aromatic nitrogens is 1. The Hall–Kier alpha value is -1.53. The van der Waals surface area contributed by atoms with Crippen LogP contribution in [0.1, 0.15) is 12.5 Å². The number of nitriles is 1. The molecule has 1 aromatic heterocycles. The van der Waals surface area contributed by atoms with Crippen molar-refractivity contribution in [3.8, 4) is 6.07 Å². The van der Waals surface area contributed by atoms with Gasteiger partial charge in [0.1, 0.15) is 6.07 Å². The van der Waals surface area contributed by atoms with Crippen molar-refractivity contribution in [3.05, 3.63) is 45.4 Å². The fraction of sp³-hybridized carbons (Fsp3) is 0.200. The molecule has 0 saturated carbocycles. The zero-order valence-electron chi connectivity index (χ0n) is 7.70. The van der Waals surface area contributed by atoms with Crippen LogP contribution >= 0.6 is 11.6 Å². The fourth-order valence-corrected chi connectivity index (χ4v) is 1.09. The molecule has 4 heteroatoms. The second-order valence-electron chi connectivity index (χ2n) is 2.95. The Balaban J connectivity index is 3.09. The largest absolute Gasteiger partial charge is 0.310 e. The topological polar surface area (TPSA) is 45.8 Å². The molecule has 0 aliphatic heterocycles. The van der Waals surface area contributed by atoms with E-state index in [1.807, 2.05) is 13.0 Å². The van der Waals surface area contributed by atoms with E-state index >= 15 is 0 Å². The first-order valence-electron chi connectivity index (χ1n) is 4.04. The summed E-state index contributed by atoms with van der Waals surface area (Å²) >= 11 is 5.49. The van der Waals surface area contributed by atoms with Gasteiger partial charge in [-0.25, -0.2) is 0 Å². The maximum atomic E-state index is 11.3. The van der Waals surface area contributed by atoms with Crippen LogP contribution in [0.15, 0.2) is 34.2 Å². The van der Waals surface area contributed by atoms with Crippen molar-refractivity contribution in [2.24, 2.45) is 0 Å². The van der Waals surface area contributed by atoms with Crippen molar-refractivity contribution in [1.29, 1.82) is 5.26 Å². The quantitative estimate of drug-likeness (QED) is 0.745. The second-order valence-corrected chi connectivity index (χ2v) is 3.17. The van der Waals surface area contributed by atoms with Gasteiger partial charge in [-0.3, -0.25) is 4.79 Å². The average molecular weight is 209 g/mol. The van der Waals surface area contributed by atoms with Crippen molar-refractivity contribution >= 4 is 11.6 Å². The minimum absolute atomic E-state index is 0.137. The molecule has 0 aromatic carbocycles. The molecule has 72 valence electrons. The minimum atomic E-state index is -0.137. The molecule has 0 fully saturated rings. The highest BCUT2D eigenvalue weighted by Crippen LogP contribution is 2.00. The van der Waals surface area contributed by atoms with Crippen LogP contribution in [0.25, 0.3) is 0 Å². The molecule has 1 aromatic rings. The van der Waals surface area contributed by atoms with Gasteiger partial charge in [0.15, 0.2) is 0 Å². The van der Waals surface area contributed by atoms with Crippen LogP contribution in [0.3, 0.4) is 0 Å². The van der Waals surface area contributed by atoms with Gasteiger partial charge in [0.05, 0.1) is 5.56 Å². The number of hydrogen-bond acceptors (Lipinski definition) is 2. The fourth-order valence-electron chi connectivity index (χ4n) is 1.02. The highest BCUT2D eigenvalue weighted by Gasteiger charge is 1.98. The first-order chi connectivity index (χ1) is 6.67. The van der Waals surface area contributed by atoms with E-state index in [0.29, 0.717) is 12.1 Å². The molecule has 0 saturated heterocycles. The van der Waals surface area contributed by atoms with Gasteiger partial charge < -0.3 is 4.57 Å². The number of allylic oxidation sites excluding steroid dienone is 1. The highest BCUT2D eigenvalue weighted by molar-refractivity contribution is 6.25. The summed E-state index contributed by atoms with van der Waals surface area (Å²) in [5.41, 5.74) is 2.61. The zero-order valence-corrected chi connectivity index (χ0v) is 8.45. The number of rotatable bonds is 2. The minimum Gasteiger partial charge on any atom is -0.310 e. The third kappa shape index (κ3) is 2.48. The molecule has 0 bridgehead atoms. The van der Waals surface area contributed by atoms with Gasteiger partial charge in [-0.05, 0) is 18.6 Å². The van der Waals surface area contributed by atoms with E-state index in [0.717, 1.165) is 5.57 Å². The maximum Gasteiger partial charge on any atom is 0.250 e. The van der Waals surface area contributed by atoms with E-state index < -0.39 is 0 Å². The van der Waals surface area contributed by atoms with Crippen LogP contribution in [-0.4, -0.2) is 4.57 Å². The lowest BCUT2D eigenvalue weighted by Crippen LogP contribution is -2.19. The number of halogens is 1. The van der Waals surface area contributed by atoms with Gasteiger partial charge >= 0.3 is 0 Å². The summed E-state index contributed by atoms with van der Waals surface area (Å²) < 4.78 is 1.45. The predicted molar refractivity (Wildman–Crippen MR) is 55.0 cm³/mol. The maximum absolute atomic E-state index is 11.3. The van der Waals surface area contributed by atoms with E-state index in [1.165, 1.54) is 28.4 Å². The molecular formula is C10H9ClN2O. The Morgan fingerprint density at radius 3 is 3.00 bits per heavy atom. The Morgan fingerprint density at radius 2 is 2.43 bits per heavy atom. The smallest absolute Gasteiger partial charge is 0.250 e.